The number of anilines is 1. The van der Waals surface area contributed by atoms with Gasteiger partial charge in [-0.2, -0.15) is 4.31 Å². The molecular weight excluding hydrogens is 524 g/mol. The fourth-order valence-electron chi connectivity index (χ4n) is 4.20. The highest BCUT2D eigenvalue weighted by molar-refractivity contribution is 7.91. The summed E-state index contributed by atoms with van der Waals surface area (Å²) in [5.74, 6) is -0.364. The maximum atomic E-state index is 13.8. The lowest BCUT2D eigenvalue weighted by molar-refractivity contribution is -0.123. The summed E-state index contributed by atoms with van der Waals surface area (Å²) >= 11 is 8.95. The second-order valence-corrected chi connectivity index (χ2v) is 12.9. The van der Waals surface area contributed by atoms with Gasteiger partial charge in [0, 0.05) is 30.2 Å². The van der Waals surface area contributed by atoms with Crippen molar-refractivity contribution in [2.75, 3.05) is 18.0 Å². The van der Waals surface area contributed by atoms with Crippen LogP contribution in [0, 0.1) is 12.8 Å². The van der Waals surface area contributed by atoms with Gasteiger partial charge in [0.05, 0.1) is 22.5 Å². The molecule has 0 atom stereocenters. The van der Waals surface area contributed by atoms with Crippen LogP contribution < -0.4 is 4.90 Å². The topological polar surface area (TPSA) is 83.5 Å². The minimum atomic E-state index is -3.52. The largest absolute Gasteiger partial charge is 0.282 e. The molecule has 1 amide bonds. The fourth-order valence-corrected chi connectivity index (χ4v) is 8.00. The van der Waals surface area contributed by atoms with Crippen molar-refractivity contribution >= 4 is 65.6 Å². The number of pyridine rings is 1. The van der Waals surface area contributed by atoms with Gasteiger partial charge >= 0.3 is 0 Å². The van der Waals surface area contributed by atoms with Gasteiger partial charge in [0.1, 0.15) is 4.21 Å². The third-order valence-electron chi connectivity index (χ3n) is 6.17. The standard InChI is InChI=1S/C24H23ClN4O3S3/c1-16-19(25)7-8-20-22(16)27-24(34-20)29(15-18-5-2-3-11-26-18)23(30)17-9-12-28(13-10-17)35(31,32)21-6-4-14-33-21/h2-8,11,14,17H,9-10,12-13,15H2,1H3. The summed E-state index contributed by atoms with van der Waals surface area (Å²) in [4.78, 5) is 24.7. The monoisotopic (exact) mass is 546 g/mol. The van der Waals surface area contributed by atoms with Crippen LogP contribution in [-0.4, -0.2) is 41.7 Å². The lowest BCUT2D eigenvalue weighted by Gasteiger charge is -2.32. The number of thiazole rings is 1. The van der Waals surface area contributed by atoms with E-state index >= 15 is 0 Å². The Labute approximate surface area is 217 Å². The van der Waals surface area contributed by atoms with Crippen molar-refractivity contribution in [3.63, 3.8) is 0 Å². The zero-order valence-corrected chi connectivity index (χ0v) is 22.1. The first-order valence-corrected chi connectivity index (χ1v) is 14.7. The molecule has 1 aliphatic rings. The van der Waals surface area contributed by atoms with E-state index < -0.39 is 10.0 Å². The SMILES string of the molecule is Cc1c(Cl)ccc2sc(N(Cc3ccccn3)C(=O)C3CCN(S(=O)(=O)c4cccs4)CC3)nc12. The molecule has 0 N–H and O–H groups in total. The second-order valence-electron chi connectivity index (χ2n) is 8.37. The number of rotatable bonds is 6. The van der Waals surface area contributed by atoms with Gasteiger partial charge in [-0.3, -0.25) is 14.7 Å². The molecule has 0 bridgehead atoms. The molecule has 35 heavy (non-hydrogen) atoms. The van der Waals surface area contributed by atoms with Gasteiger partial charge in [0.15, 0.2) is 5.13 Å². The van der Waals surface area contributed by atoms with Crippen molar-refractivity contribution in [1.82, 2.24) is 14.3 Å². The van der Waals surface area contributed by atoms with E-state index in [1.54, 1.807) is 28.6 Å². The smallest absolute Gasteiger partial charge is 0.252 e. The summed E-state index contributed by atoms with van der Waals surface area (Å²) in [5, 5.41) is 2.98. The summed E-state index contributed by atoms with van der Waals surface area (Å²) < 4.78 is 28.6. The average molecular weight is 547 g/mol. The molecule has 182 valence electrons. The van der Waals surface area contributed by atoms with E-state index in [0.717, 1.165) is 21.5 Å². The number of aromatic nitrogens is 2. The van der Waals surface area contributed by atoms with E-state index in [9.17, 15) is 13.2 Å². The number of carbonyl (C=O) groups excluding carboxylic acids is 1. The number of halogens is 1. The highest BCUT2D eigenvalue weighted by Crippen LogP contribution is 2.36. The zero-order chi connectivity index (χ0) is 24.6. The molecule has 4 aromatic rings. The van der Waals surface area contributed by atoms with Gasteiger partial charge in [-0.25, -0.2) is 13.4 Å². The summed E-state index contributed by atoms with van der Waals surface area (Å²) in [6.45, 7) is 2.83. The Bertz CT molecular complexity index is 1450. The van der Waals surface area contributed by atoms with Crippen molar-refractivity contribution in [2.45, 2.75) is 30.5 Å². The Hall–Kier alpha value is -2.37. The molecule has 0 saturated carbocycles. The molecule has 0 radical (unpaired) electrons. The number of aryl methyl sites for hydroxylation is 1. The van der Waals surface area contributed by atoms with Crippen LogP contribution in [0.1, 0.15) is 24.1 Å². The van der Waals surface area contributed by atoms with Crippen LogP contribution in [0.2, 0.25) is 5.02 Å². The molecule has 7 nitrogen and oxygen atoms in total. The Balaban J connectivity index is 1.40. The molecule has 4 heterocycles. The van der Waals surface area contributed by atoms with Crippen molar-refractivity contribution in [1.29, 1.82) is 0 Å². The summed E-state index contributed by atoms with van der Waals surface area (Å²) in [7, 11) is -3.52. The average Bonchev–Trinajstić information content (AvgIpc) is 3.57. The molecule has 0 aliphatic carbocycles. The molecule has 0 unspecified atom stereocenters. The number of benzene rings is 1. The maximum absolute atomic E-state index is 13.8. The van der Waals surface area contributed by atoms with Gasteiger partial charge < -0.3 is 0 Å². The van der Waals surface area contributed by atoms with Crippen LogP contribution in [0.25, 0.3) is 10.2 Å². The van der Waals surface area contributed by atoms with Crippen molar-refractivity contribution < 1.29 is 13.2 Å². The predicted octanol–water partition coefficient (Wildman–Crippen LogP) is 5.35. The van der Waals surface area contributed by atoms with Gasteiger partial charge in [0.25, 0.3) is 10.0 Å². The molecule has 0 spiro atoms. The van der Waals surface area contributed by atoms with E-state index in [0.29, 0.717) is 46.8 Å². The first-order chi connectivity index (χ1) is 16.8. The van der Waals surface area contributed by atoms with Crippen LogP contribution in [-0.2, 0) is 21.4 Å². The highest BCUT2D eigenvalue weighted by Gasteiger charge is 2.35. The Morgan fingerprint density at radius 3 is 2.66 bits per heavy atom. The Morgan fingerprint density at radius 1 is 1.17 bits per heavy atom. The van der Waals surface area contributed by atoms with Crippen molar-refractivity contribution in [2.24, 2.45) is 5.92 Å². The molecule has 1 fully saturated rings. The zero-order valence-electron chi connectivity index (χ0n) is 18.9. The quantitative estimate of drug-likeness (QED) is 0.325. The first-order valence-electron chi connectivity index (χ1n) is 11.1. The van der Waals surface area contributed by atoms with E-state index in [-0.39, 0.29) is 11.8 Å². The van der Waals surface area contributed by atoms with Crippen LogP contribution in [0.5, 0.6) is 0 Å². The molecule has 1 aromatic carbocycles. The Morgan fingerprint density at radius 2 is 1.97 bits per heavy atom. The van der Waals surface area contributed by atoms with E-state index in [2.05, 4.69) is 4.98 Å². The third-order valence-corrected chi connectivity index (χ3v) is 10.9. The second kappa shape index (κ2) is 9.94. The number of hydrogen-bond acceptors (Lipinski definition) is 7. The normalized spacial score (nSPS) is 15.5. The van der Waals surface area contributed by atoms with Crippen LogP contribution in [0.4, 0.5) is 5.13 Å². The predicted molar refractivity (Wildman–Crippen MR) is 141 cm³/mol. The molecule has 1 aliphatic heterocycles. The number of carbonyl (C=O) groups is 1. The lowest BCUT2D eigenvalue weighted by atomic mass is 9.96. The highest BCUT2D eigenvalue weighted by atomic mass is 35.5. The van der Waals surface area contributed by atoms with Crippen LogP contribution in [0.15, 0.2) is 58.3 Å². The van der Waals surface area contributed by atoms with E-state index in [1.165, 1.54) is 27.0 Å². The van der Waals surface area contributed by atoms with E-state index in [1.807, 2.05) is 37.3 Å². The molecule has 1 saturated heterocycles. The van der Waals surface area contributed by atoms with Crippen LogP contribution in [0.3, 0.4) is 0 Å². The van der Waals surface area contributed by atoms with Gasteiger partial charge in [-0.1, -0.05) is 35.1 Å². The minimum Gasteiger partial charge on any atom is -0.282 e. The number of piperidine rings is 1. The third kappa shape index (κ3) is 4.85. The van der Waals surface area contributed by atoms with Gasteiger partial charge in [-0.15, -0.1) is 11.3 Å². The minimum absolute atomic E-state index is 0.0633. The summed E-state index contributed by atoms with van der Waals surface area (Å²) in [6, 6.07) is 12.7. The van der Waals surface area contributed by atoms with E-state index in [4.69, 9.17) is 16.6 Å². The number of thiophene rings is 1. The molecule has 5 rings (SSSR count). The number of hydrogen-bond donors (Lipinski definition) is 0. The summed E-state index contributed by atoms with van der Waals surface area (Å²) in [5.41, 5.74) is 2.42. The van der Waals surface area contributed by atoms with Crippen molar-refractivity contribution in [3.05, 3.63) is 70.3 Å². The molecule has 3 aromatic heterocycles. The van der Waals surface area contributed by atoms with Gasteiger partial charge in [0.2, 0.25) is 5.91 Å². The summed E-state index contributed by atoms with van der Waals surface area (Å²) in [6.07, 6.45) is 2.62. The molecular formula is C24H23ClN4O3S3. The first kappa shape index (κ1) is 24.3. The Kier molecular flexibility index (Phi) is 6.91. The fraction of sp³-hybridized carbons (Fsp3) is 0.292. The van der Waals surface area contributed by atoms with Gasteiger partial charge in [-0.05, 0) is 61.0 Å². The van der Waals surface area contributed by atoms with Crippen LogP contribution >= 0.6 is 34.3 Å². The number of fused-ring (bicyclic) bond motifs is 1. The number of sulfonamides is 1. The maximum Gasteiger partial charge on any atom is 0.252 e. The lowest BCUT2D eigenvalue weighted by Crippen LogP contribution is -2.44. The van der Waals surface area contributed by atoms with Crippen molar-refractivity contribution in [3.8, 4) is 0 Å². The molecule has 11 heteroatoms. The number of amides is 1. The number of nitrogens with zero attached hydrogens (tertiary/aromatic N) is 4.